The lowest BCUT2D eigenvalue weighted by atomic mass is 9.82. The maximum absolute atomic E-state index is 12.7. The Hall–Kier alpha value is -1.32. The van der Waals surface area contributed by atoms with Crippen LogP contribution in [0.4, 0.5) is 0 Å². The van der Waals surface area contributed by atoms with Crippen molar-refractivity contribution in [2.75, 3.05) is 13.1 Å². The van der Waals surface area contributed by atoms with Crippen molar-refractivity contribution in [3.05, 3.63) is 12.2 Å². The number of likely N-dealkylation sites (tertiary alicyclic amines) is 1. The fraction of sp³-hybridized carbons (Fsp3) is 0.733. The molecule has 1 saturated heterocycles. The molecule has 0 spiro atoms. The summed E-state index contributed by atoms with van der Waals surface area (Å²) >= 11 is 0. The van der Waals surface area contributed by atoms with Crippen molar-refractivity contribution in [1.82, 2.24) is 4.90 Å². The maximum Gasteiger partial charge on any atom is 0.307 e. The first-order valence-corrected chi connectivity index (χ1v) is 7.38. The van der Waals surface area contributed by atoms with Gasteiger partial charge in [-0.1, -0.05) is 25.0 Å². The molecule has 1 amide bonds. The minimum Gasteiger partial charge on any atom is -0.481 e. The summed E-state index contributed by atoms with van der Waals surface area (Å²) in [6.45, 7) is 1.62. The van der Waals surface area contributed by atoms with Crippen molar-refractivity contribution >= 4 is 11.9 Å². The SMILES string of the molecule is O=C(O)[C@H]1[C@@H](C(=O)N2CCCCCC2)[C@H]2C=C[C@H]1C2. The molecule has 1 saturated carbocycles. The quantitative estimate of drug-likeness (QED) is 0.774. The smallest absolute Gasteiger partial charge is 0.307 e. The van der Waals surface area contributed by atoms with E-state index in [1.165, 1.54) is 12.8 Å². The lowest BCUT2D eigenvalue weighted by Gasteiger charge is -2.30. The molecule has 2 fully saturated rings. The van der Waals surface area contributed by atoms with Crippen LogP contribution in [0.5, 0.6) is 0 Å². The van der Waals surface area contributed by atoms with E-state index in [0.29, 0.717) is 0 Å². The summed E-state index contributed by atoms with van der Waals surface area (Å²) in [6.07, 6.45) is 9.38. The zero-order valence-electron chi connectivity index (χ0n) is 11.1. The molecule has 0 aromatic heterocycles. The minimum atomic E-state index is -0.801. The van der Waals surface area contributed by atoms with Crippen LogP contribution in [-0.2, 0) is 9.59 Å². The number of carboxylic acids is 1. The molecule has 19 heavy (non-hydrogen) atoms. The van der Waals surface area contributed by atoms with Crippen LogP contribution in [0.3, 0.4) is 0 Å². The number of rotatable bonds is 2. The zero-order chi connectivity index (χ0) is 13.4. The van der Waals surface area contributed by atoms with Crippen molar-refractivity contribution < 1.29 is 14.7 Å². The molecule has 3 rings (SSSR count). The molecule has 1 N–H and O–H groups in total. The standard InChI is InChI=1S/C15H21NO3/c17-14(16-7-3-1-2-4-8-16)12-10-5-6-11(9-10)13(12)15(18)19/h5-6,10-13H,1-4,7-9H2,(H,18,19)/t10-,11-,12-,13+/m0/s1. The second-order valence-corrected chi connectivity index (χ2v) is 6.08. The van der Waals surface area contributed by atoms with Gasteiger partial charge in [0.25, 0.3) is 0 Å². The van der Waals surface area contributed by atoms with Crippen LogP contribution in [-0.4, -0.2) is 35.0 Å². The van der Waals surface area contributed by atoms with E-state index in [-0.39, 0.29) is 23.7 Å². The predicted octanol–water partition coefficient (Wildman–Crippen LogP) is 1.91. The Morgan fingerprint density at radius 1 is 0.947 bits per heavy atom. The summed E-state index contributed by atoms with van der Waals surface area (Å²) in [5, 5.41) is 9.40. The molecule has 1 aliphatic heterocycles. The Morgan fingerprint density at radius 3 is 2.11 bits per heavy atom. The molecule has 3 aliphatic rings. The number of carbonyl (C=O) groups excluding carboxylic acids is 1. The van der Waals surface area contributed by atoms with E-state index in [4.69, 9.17) is 0 Å². The van der Waals surface area contributed by atoms with E-state index in [1.807, 2.05) is 11.0 Å². The summed E-state index contributed by atoms with van der Waals surface area (Å²) in [5.41, 5.74) is 0. The van der Waals surface area contributed by atoms with Crippen molar-refractivity contribution in [2.24, 2.45) is 23.7 Å². The highest BCUT2D eigenvalue weighted by Gasteiger charge is 2.52. The minimum absolute atomic E-state index is 0.0726. The van der Waals surface area contributed by atoms with Gasteiger partial charge in [-0.25, -0.2) is 0 Å². The number of carbonyl (C=O) groups is 2. The number of nitrogens with zero attached hydrogens (tertiary/aromatic N) is 1. The van der Waals surface area contributed by atoms with Crippen LogP contribution in [0.15, 0.2) is 12.2 Å². The van der Waals surface area contributed by atoms with Gasteiger partial charge in [-0.3, -0.25) is 9.59 Å². The largest absolute Gasteiger partial charge is 0.481 e. The van der Waals surface area contributed by atoms with Crippen LogP contribution in [0.1, 0.15) is 32.1 Å². The monoisotopic (exact) mass is 263 g/mol. The molecule has 104 valence electrons. The third kappa shape index (κ3) is 2.17. The van der Waals surface area contributed by atoms with E-state index in [9.17, 15) is 14.7 Å². The fourth-order valence-electron chi connectivity index (χ4n) is 4.00. The van der Waals surface area contributed by atoms with Crippen molar-refractivity contribution in [2.45, 2.75) is 32.1 Å². The Kier molecular flexibility index (Phi) is 3.33. The Balaban J connectivity index is 1.78. The number of allylic oxidation sites excluding steroid dienone is 2. The predicted molar refractivity (Wildman–Crippen MR) is 70.4 cm³/mol. The summed E-state index contributed by atoms with van der Waals surface area (Å²) in [4.78, 5) is 26.1. The average molecular weight is 263 g/mol. The van der Waals surface area contributed by atoms with Gasteiger partial charge in [-0.05, 0) is 31.1 Å². The van der Waals surface area contributed by atoms with E-state index < -0.39 is 11.9 Å². The van der Waals surface area contributed by atoms with Gasteiger partial charge >= 0.3 is 5.97 Å². The number of fused-ring (bicyclic) bond motifs is 2. The van der Waals surface area contributed by atoms with Crippen molar-refractivity contribution in [3.63, 3.8) is 0 Å². The average Bonchev–Trinajstić information content (AvgIpc) is 2.89. The van der Waals surface area contributed by atoms with Crippen LogP contribution in [0.2, 0.25) is 0 Å². The molecular weight excluding hydrogens is 242 g/mol. The Labute approximate surface area is 113 Å². The van der Waals surface area contributed by atoms with Gasteiger partial charge in [0.1, 0.15) is 0 Å². The van der Waals surface area contributed by atoms with Gasteiger partial charge in [0.15, 0.2) is 0 Å². The lowest BCUT2D eigenvalue weighted by Crippen LogP contribution is -2.43. The Bertz CT molecular complexity index is 410. The van der Waals surface area contributed by atoms with Crippen LogP contribution >= 0.6 is 0 Å². The second kappa shape index (κ2) is 4.99. The van der Waals surface area contributed by atoms with Gasteiger partial charge in [0.2, 0.25) is 5.91 Å². The molecule has 4 nitrogen and oxygen atoms in total. The maximum atomic E-state index is 12.7. The number of hydrogen-bond donors (Lipinski definition) is 1. The normalized spacial score (nSPS) is 37.4. The van der Waals surface area contributed by atoms with Gasteiger partial charge in [0.05, 0.1) is 11.8 Å². The zero-order valence-corrected chi connectivity index (χ0v) is 11.1. The Morgan fingerprint density at radius 2 is 1.53 bits per heavy atom. The molecule has 2 bridgehead atoms. The van der Waals surface area contributed by atoms with Crippen LogP contribution in [0.25, 0.3) is 0 Å². The van der Waals surface area contributed by atoms with E-state index >= 15 is 0 Å². The molecule has 4 heteroatoms. The number of carboxylic acid groups (broad SMARTS) is 1. The van der Waals surface area contributed by atoms with Crippen molar-refractivity contribution in [3.8, 4) is 0 Å². The third-order valence-electron chi connectivity index (χ3n) is 4.95. The molecule has 0 aromatic rings. The lowest BCUT2D eigenvalue weighted by molar-refractivity contribution is -0.151. The topological polar surface area (TPSA) is 57.6 Å². The van der Waals surface area contributed by atoms with Gasteiger partial charge < -0.3 is 10.0 Å². The van der Waals surface area contributed by atoms with E-state index in [2.05, 4.69) is 6.08 Å². The first-order chi connectivity index (χ1) is 9.18. The number of amides is 1. The number of hydrogen-bond acceptors (Lipinski definition) is 2. The summed E-state index contributed by atoms with van der Waals surface area (Å²) < 4.78 is 0. The highest BCUT2D eigenvalue weighted by atomic mass is 16.4. The molecule has 1 heterocycles. The van der Waals surface area contributed by atoms with Gasteiger partial charge in [-0.15, -0.1) is 0 Å². The number of aliphatic carboxylic acids is 1. The van der Waals surface area contributed by atoms with E-state index in [0.717, 1.165) is 32.4 Å². The summed E-state index contributed by atoms with van der Waals surface area (Å²) in [5.74, 6) is -1.29. The highest BCUT2D eigenvalue weighted by Crippen LogP contribution is 2.48. The summed E-state index contributed by atoms with van der Waals surface area (Å²) in [6, 6.07) is 0. The molecule has 0 radical (unpaired) electrons. The van der Waals surface area contributed by atoms with Gasteiger partial charge in [-0.2, -0.15) is 0 Å². The molecule has 0 aromatic carbocycles. The first-order valence-electron chi connectivity index (χ1n) is 7.38. The van der Waals surface area contributed by atoms with Crippen LogP contribution in [0, 0.1) is 23.7 Å². The third-order valence-corrected chi connectivity index (χ3v) is 4.95. The van der Waals surface area contributed by atoms with Crippen LogP contribution < -0.4 is 0 Å². The molecule has 4 atom stereocenters. The fourth-order valence-corrected chi connectivity index (χ4v) is 4.00. The highest BCUT2D eigenvalue weighted by molar-refractivity contribution is 5.87. The molecule has 0 unspecified atom stereocenters. The molecular formula is C15H21NO3. The van der Waals surface area contributed by atoms with Crippen molar-refractivity contribution in [1.29, 1.82) is 0 Å². The second-order valence-electron chi connectivity index (χ2n) is 6.08. The van der Waals surface area contributed by atoms with Gasteiger partial charge in [0, 0.05) is 13.1 Å². The van der Waals surface area contributed by atoms with E-state index in [1.54, 1.807) is 0 Å². The summed E-state index contributed by atoms with van der Waals surface area (Å²) in [7, 11) is 0. The first kappa shape index (κ1) is 12.7. The molecule has 2 aliphatic carbocycles.